The molecule has 0 aromatic heterocycles. The van der Waals surface area contributed by atoms with E-state index >= 15 is 0 Å². The summed E-state index contributed by atoms with van der Waals surface area (Å²) in [7, 11) is -3.54. The molecule has 2 N–H and O–H groups in total. The zero-order chi connectivity index (χ0) is 14.4. The molecule has 0 atom stereocenters. The van der Waals surface area contributed by atoms with Crippen LogP contribution in [-0.2, 0) is 20.2 Å². The summed E-state index contributed by atoms with van der Waals surface area (Å²) >= 11 is 0. The smallest absolute Gasteiger partial charge is 0.240 e. The first kappa shape index (κ1) is 14.0. The van der Waals surface area contributed by atoms with E-state index < -0.39 is 15.4 Å². The third kappa shape index (κ3) is 2.37. The quantitative estimate of drug-likeness (QED) is 0.884. The number of amides is 1. The molecule has 0 fully saturated rings. The van der Waals surface area contributed by atoms with E-state index in [4.69, 9.17) is 0 Å². The Bertz CT molecular complexity index is 633. The van der Waals surface area contributed by atoms with Crippen LogP contribution in [0.25, 0.3) is 0 Å². The van der Waals surface area contributed by atoms with Gasteiger partial charge in [-0.3, -0.25) is 4.79 Å². The summed E-state index contributed by atoms with van der Waals surface area (Å²) in [5, 5.41) is 2.75. The van der Waals surface area contributed by atoms with Crippen molar-refractivity contribution >= 4 is 21.6 Å². The minimum absolute atomic E-state index is 0.117. The van der Waals surface area contributed by atoms with Crippen LogP contribution in [0, 0.1) is 0 Å². The number of hydrogen-bond donors (Lipinski definition) is 2. The van der Waals surface area contributed by atoms with Crippen LogP contribution in [0.4, 0.5) is 5.69 Å². The van der Waals surface area contributed by atoms with Crippen LogP contribution in [0.2, 0.25) is 0 Å². The molecule has 1 aromatic carbocycles. The fraction of sp³-hybridized carbons (Fsp3) is 0.462. The van der Waals surface area contributed by atoms with E-state index in [2.05, 4.69) is 10.0 Å². The number of rotatable bonds is 3. The molecule has 0 aliphatic carbocycles. The third-order valence-corrected chi connectivity index (χ3v) is 4.84. The number of sulfonamides is 1. The van der Waals surface area contributed by atoms with Crippen molar-refractivity contribution in [1.82, 2.24) is 4.72 Å². The van der Waals surface area contributed by atoms with Crippen LogP contribution < -0.4 is 10.0 Å². The van der Waals surface area contributed by atoms with Crippen LogP contribution >= 0.6 is 0 Å². The van der Waals surface area contributed by atoms with Gasteiger partial charge in [-0.15, -0.1) is 0 Å². The summed E-state index contributed by atoms with van der Waals surface area (Å²) in [6.45, 7) is 7.08. The molecule has 104 valence electrons. The van der Waals surface area contributed by atoms with Crippen molar-refractivity contribution in [2.45, 2.75) is 44.0 Å². The summed E-state index contributed by atoms with van der Waals surface area (Å²) in [6.07, 6.45) is 0. The van der Waals surface area contributed by atoms with E-state index in [9.17, 15) is 13.2 Å². The second kappa shape index (κ2) is 4.31. The zero-order valence-corrected chi connectivity index (χ0v) is 12.3. The summed E-state index contributed by atoms with van der Waals surface area (Å²) in [4.78, 5) is 12.0. The van der Waals surface area contributed by atoms with Crippen molar-refractivity contribution < 1.29 is 13.2 Å². The first-order valence-electron chi connectivity index (χ1n) is 6.13. The van der Waals surface area contributed by atoms with Gasteiger partial charge in [0.1, 0.15) is 0 Å². The largest absolute Gasteiger partial charge is 0.325 e. The summed E-state index contributed by atoms with van der Waals surface area (Å²) in [6, 6.07) is 4.53. The highest BCUT2D eigenvalue weighted by atomic mass is 32.2. The predicted octanol–water partition coefficient (Wildman–Crippen LogP) is 1.60. The van der Waals surface area contributed by atoms with Gasteiger partial charge >= 0.3 is 0 Å². The average Bonchev–Trinajstić information content (AvgIpc) is 2.48. The second-order valence-corrected chi connectivity index (χ2v) is 7.28. The van der Waals surface area contributed by atoms with Gasteiger partial charge in [-0.25, -0.2) is 13.1 Å². The average molecular weight is 282 g/mol. The molecule has 0 unspecified atom stereocenters. The molecule has 0 saturated carbocycles. The van der Waals surface area contributed by atoms with Crippen molar-refractivity contribution in [3.8, 4) is 0 Å². The Morgan fingerprint density at radius 2 is 1.89 bits per heavy atom. The van der Waals surface area contributed by atoms with Crippen LogP contribution in [0.5, 0.6) is 0 Å². The van der Waals surface area contributed by atoms with Crippen LogP contribution in [0.15, 0.2) is 23.1 Å². The van der Waals surface area contributed by atoms with E-state index in [0.717, 1.165) is 0 Å². The standard InChI is InChI=1S/C13H18N2O3S/c1-8(2)15-19(17,18)9-5-6-11-10(7-9)13(3,4)12(16)14-11/h5-8,15H,1-4H3,(H,14,16). The van der Waals surface area contributed by atoms with E-state index in [-0.39, 0.29) is 16.8 Å². The number of carbonyl (C=O) groups excluding carboxylic acids is 1. The number of anilines is 1. The van der Waals surface area contributed by atoms with Gasteiger partial charge in [-0.2, -0.15) is 0 Å². The van der Waals surface area contributed by atoms with E-state index in [0.29, 0.717) is 11.3 Å². The number of benzene rings is 1. The zero-order valence-electron chi connectivity index (χ0n) is 11.4. The van der Waals surface area contributed by atoms with Crippen LogP contribution in [0.3, 0.4) is 0 Å². The topological polar surface area (TPSA) is 75.3 Å². The van der Waals surface area contributed by atoms with Gasteiger partial charge in [0.25, 0.3) is 0 Å². The fourth-order valence-electron chi connectivity index (χ4n) is 2.10. The molecule has 5 nitrogen and oxygen atoms in total. The van der Waals surface area contributed by atoms with E-state index in [1.54, 1.807) is 39.8 Å². The first-order valence-corrected chi connectivity index (χ1v) is 7.61. The highest BCUT2D eigenvalue weighted by Crippen LogP contribution is 2.38. The predicted molar refractivity (Wildman–Crippen MR) is 73.6 cm³/mol. The molecule has 0 radical (unpaired) electrons. The van der Waals surface area contributed by atoms with Gasteiger partial charge < -0.3 is 5.32 Å². The Hall–Kier alpha value is -1.40. The Labute approximate surface area is 113 Å². The lowest BCUT2D eigenvalue weighted by Gasteiger charge is -2.16. The molecule has 0 saturated heterocycles. The van der Waals surface area contributed by atoms with Gasteiger partial charge in [0.2, 0.25) is 15.9 Å². The van der Waals surface area contributed by atoms with Crippen molar-refractivity contribution in [2.75, 3.05) is 5.32 Å². The van der Waals surface area contributed by atoms with Crippen molar-refractivity contribution in [3.05, 3.63) is 23.8 Å². The number of fused-ring (bicyclic) bond motifs is 1. The van der Waals surface area contributed by atoms with E-state index in [1.807, 2.05) is 0 Å². The normalized spacial score (nSPS) is 17.4. The van der Waals surface area contributed by atoms with Crippen LogP contribution in [0.1, 0.15) is 33.3 Å². The monoisotopic (exact) mass is 282 g/mol. The SMILES string of the molecule is CC(C)NS(=O)(=O)c1ccc2c(c1)C(C)(C)C(=O)N2. The summed E-state index contributed by atoms with van der Waals surface area (Å²) in [5.74, 6) is -0.117. The van der Waals surface area contributed by atoms with Crippen molar-refractivity contribution in [2.24, 2.45) is 0 Å². The molecule has 1 aliphatic rings. The van der Waals surface area contributed by atoms with Gasteiger partial charge in [0, 0.05) is 11.7 Å². The highest BCUT2D eigenvalue weighted by molar-refractivity contribution is 7.89. The molecule has 1 aromatic rings. The number of carbonyl (C=O) groups is 1. The molecule has 0 spiro atoms. The maximum absolute atomic E-state index is 12.1. The molecule has 1 heterocycles. The molecule has 0 bridgehead atoms. The van der Waals surface area contributed by atoms with Crippen molar-refractivity contribution in [1.29, 1.82) is 0 Å². The fourth-order valence-corrected chi connectivity index (χ4v) is 3.37. The molecular weight excluding hydrogens is 264 g/mol. The third-order valence-electron chi connectivity index (χ3n) is 3.18. The first-order chi connectivity index (χ1) is 8.64. The van der Waals surface area contributed by atoms with Gasteiger partial charge in [0.05, 0.1) is 10.3 Å². The maximum atomic E-state index is 12.1. The Balaban J connectivity index is 2.49. The minimum Gasteiger partial charge on any atom is -0.325 e. The minimum atomic E-state index is -3.54. The Morgan fingerprint density at radius 1 is 1.26 bits per heavy atom. The number of hydrogen-bond acceptors (Lipinski definition) is 3. The summed E-state index contributed by atoms with van der Waals surface area (Å²) in [5.41, 5.74) is 0.682. The van der Waals surface area contributed by atoms with Gasteiger partial charge in [-0.1, -0.05) is 0 Å². The number of nitrogens with one attached hydrogen (secondary N) is 2. The molecule has 1 amide bonds. The Morgan fingerprint density at radius 3 is 2.47 bits per heavy atom. The highest BCUT2D eigenvalue weighted by Gasteiger charge is 2.39. The molecule has 6 heteroatoms. The molecule has 2 rings (SSSR count). The summed E-state index contributed by atoms with van der Waals surface area (Å²) < 4.78 is 26.8. The van der Waals surface area contributed by atoms with E-state index in [1.165, 1.54) is 6.07 Å². The van der Waals surface area contributed by atoms with Gasteiger partial charge in [0.15, 0.2) is 0 Å². The molecule has 1 aliphatic heterocycles. The van der Waals surface area contributed by atoms with Gasteiger partial charge in [-0.05, 0) is 51.5 Å². The maximum Gasteiger partial charge on any atom is 0.240 e. The molecular formula is C13H18N2O3S. The lowest BCUT2D eigenvalue weighted by Crippen LogP contribution is -2.30. The van der Waals surface area contributed by atoms with Crippen molar-refractivity contribution in [3.63, 3.8) is 0 Å². The lowest BCUT2D eigenvalue weighted by molar-refractivity contribution is -0.119. The van der Waals surface area contributed by atoms with Crippen LogP contribution in [-0.4, -0.2) is 20.4 Å². The Kier molecular flexibility index (Phi) is 3.18. The lowest BCUT2D eigenvalue weighted by atomic mass is 9.86. The second-order valence-electron chi connectivity index (χ2n) is 5.56. The molecule has 19 heavy (non-hydrogen) atoms.